The van der Waals surface area contributed by atoms with Crippen LogP contribution in [0.4, 0.5) is 0 Å². The highest BCUT2D eigenvalue weighted by atomic mass is 31.2. The van der Waals surface area contributed by atoms with Gasteiger partial charge in [0.25, 0.3) is 0 Å². The lowest BCUT2D eigenvalue weighted by atomic mass is 10.0. The van der Waals surface area contributed by atoms with Gasteiger partial charge in [0.15, 0.2) is 12.2 Å². The number of unbranched alkanes of at least 4 members (excludes halogenated alkanes) is 36. The Bertz CT molecular complexity index is 1820. The molecule has 0 aromatic rings. The van der Waals surface area contributed by atoms with Crippen molar-refractivity contribution in [1.29, 1.82) is 0 Å². The molecule has 0 aliphatic heterocycles. The molecular formula is C73H142O17P2. The number of hydrogen-bond acceptors (Lipinski definition) is 15. The second-order valence-corrected chi connectivity index (χ2v) is 31.1. The maximum Gasteiger partial charge on any atom is 0.472 e. The number of phosphoric ester groups is 2. The number of carbonyl (C=O) groups is 4. The van der Waals surface area contributed by atoms with Gasteiger partial charge in [-0.2, -0.15) is 0 Å². The Balaban J connectivity index is 5.16. The van der Waals surface area contributed by atoms with E-state index in [1.807, 2.05) is 0 Å². The van der Waals surface area contributed by atoms with Gasteiger partial charge >= 0.3 is 39.5 Å². The van der Waals surface area contributed by atoms with Crippen LogP contribution in [-0.2, 0) is 65.4 Å². The number of ether oxygens (including phenoxy) is 4. The van der Waals surface area contributed by atoms with Crippen molar-refractivity contribution < 1.29 is 80.2 Å². The van der Waals surface area contributed by atoms with Crippen LogP contribution < -0.4 is 0 Å². The summed E-state index contributed by atoms with van der Waals surface area (Å²) < 4.78 is 68.3. The van der Waals surface area contributed by atoms with Crippen molar-refractivity contribution in [3.63, 3.8) is 0 Å². The molecule has 0 aliphatic rings. The summed E-state index contributed by atoms with van der Waals surface area (Å²) in [6, 6.07) is 0. The summed E-state index contributed by atoms with van der Waals surface area (Å²) in [6.45, 7) is 14.0. The predicted octanol–water partition coefficient (Wildman–Crippen LogP) is 20.9. The van der Waals surface area contributed by atoms with Gasteiger partial charge < -0.3 is 33.8 Å². The van der Waals surface area contributed by atoms with Crippen LogP contribution in [0.25, 0.3) is 0 Å². The fourth-order valence-corrected chi connectivity index (χ4v) is 12.6. The molecule has 0 radical (unpaired) electrons. The molecule has 3 N–H and O–H groups in total. The van der Waals surface area contributed by atoms with E-state index in [0.29, 0.717) is 37.5 Å². The molecule has 0 spiro atoms. The monoisotopic (exact) mass is 1350 g/mol. The number of rotatable bonds is 70. The highest BCUT2D eigenvalue weighted by molar-refractivity contribution is 7.47. The Morgan fingerprint density at radius 1 is 0.272 bits per heavy atom. The van der Waals surface area contributed by atoms with Gasteiger partial charge in [0, 0.05) is 25.7 Å². The SMILES string of the molecule is CC(C)CCCCCCCCCCCCCCCCCCCCC(=O)O[C@H](COC(=O)CCCCCCCCCC(C)C)COP(=O)(O)OCC(O)COP(=O)(O)OC[C@@H](COC(=O)CCCCCCCCCCC(C)C)OC(=O)CCCCCCCCCC(C)C. The molecule has 0 saturated carbocycles. The van der Waals surface area contributed by atoms with E-state index in [1.54, 1.807) is 0 Å². The molecule has 0 aromatic carbocycles. The molecular weight excluding hydrogens is 1210 g/mol. The second kappa shape index (κ2) is 62.6. The van der Waals surface area contributed by atoms with Crippen molar-refractivity contribution in [3.8, 4) is 0 Å². The van der Waals surface area contributed by atoms with Gasteiger partial charge in [0.1, 0.15) is 19.3 Å². The van der Waals surface area contributed by atoms with Gasteiger partial charge in [-0.1, -0.05) is 312 Å². The van der Waals surface area contributed by atoms with E-state index in [9.17, 15) is 43.2 Å². The van der Waals surface area contributed by atoms with E-state index in [2.05, 4.69) is 55.4 Å². The van der Waals surface area contributed by atoms with E-state index in [0.717, 1.165) is 108 Å². The normalized spacial score (nSPS) is 14.2. The largest absolute Gasteiger partial charge is 0.472 e. The molecule has 546 valence electrons. The molecule has 0 amide bonds. The molecule has 0 aliphatic carbocycles. The Kier molecular flexibility index (Phi) is 61.3. The first-order valence-electron chi connectivity index (χ1n) is 37.7. The van der Waals surface area contributed by atoms with Gasteiger partial charge in [0.2, 0.25) is 0 Å². The predicted molar refractivity (Wildman–Crippen MR) is 372 cm³/mol. The standard InChI is InChI=1S/C73H142O17P2/c1-63(2)49-41-33-25-19-17-15-13-11-9-10-12-14-16-18-20-30-39-47-55-72(77)89-68(60-84-71(76)54-46-38-31-23-27-35-43-51-65(5)6)61-87-91(79,80)85-57-67(74)58-86-92(81,82)88-62-69(90-73(78)56-48-40-32-24-28-36-44-52-66(7)8)59-83-70(75)53-45-37-29-22-21-26-34-42-50-64(3)4/h63-69,74H,9-62H2,1-8H3,(H,79,80)(H,81,82)/t67?,68-,69-/m1/s1. The maximum atomic E-state index is 13.0. The summed E-state index contributed by atoms with van der Waals surface area (Å²) in [5.41, 5.74) is 0. The van der Waals surface area contributed by atoms with E-state index in [4.69, 9.17) is 37.0 Å². The van der Waals surface area contributed by atoms with Crippen LogP contribution in [-0.4, -0.2) is 96.7 Å². The third-order valence-corrected chi connectivity index (χ3v) is 18.7. The third-order valence-electron chi connectivity index (χ3n) is 16.8. The zero-order chi connectivity index (χ0) is 68.2. The highest BCUT2D eigenvalue weighted by Gasteiger charge is 2.30. The summed E-state index contributed by atoms with van der Waals surface area (Å²) >= 11 is 0. The Labute approximate surface area is 562 Å². The van der Waals surface area contributed by atoms with Crippen LogP contribution >= 0.6 is 15.6 Å². The van der Waals surface area contributed by atoms with Crippen LogP contribution in [0.5, 0.6) is 0 Å². The number of esters is 4. The lowest BCUT2D eigenvalue weighted by Crippen LogP contribution is -2.30. The molecule has 3 unspecified atom stereocenters. The smallest absolute Gasteiger partial charge is 0.462 e. The molecule has 0 heterocycles. The number of hydrogen-bond donors (Lipinski definition) is 3. The average molecular weight is 1350 g/mol. The number of aliphatic hydroxyl groups excluding tert-OH is 1. The first-order chi connectivity index (χ1) is 44.1. The Morgan fingerprint density at radius 2 is 0.457 bits per heavy atom. The quantitative estimate of drug-likeness (QED) is 0.0222. The summed E-state index contributed by atoms with van der Waals surface area (Å²) in [7, 11) is -9.90. The van der Waals surface area contributed by atoms with Crippen molar-refractivity contribution >= 4 is 39.5 Å². The maximum absolute atomic E-state index is 13.0. The molecule has 0 saturated heterocycles. The molecule has 17 nitrogen and oxygen atoms in total. The molecule has 0 aromatic heterocycles. The zero-order valence-corrected chi connectivity index (χ0v) is 62.0. The summed E-state index contributed by atoms with van der Waals surface area (Å²) in [5, 5.41) is 10.6. The lowest BCUT2D eigenvalue weighted by molar-refractivity contribution is -0.161. The zero-order valence-electron chi connectivity index (χ0n) is 60.2. The molecule has 0 fully saturated rings. The van der Waals surface area contributed by atoms with E-state index in [1.165, 1.54) is 161 Å². The number of phosphoric acid groups is 2. The van der Waals surface area contributed by atoms with Crippen molar-refractivity contribution in [2.75, 3.05) is 39.6 Å². The van der Waals surface area contributed by atoms with Gasteiger partial charge in [-0.05, 0) is 49.4 Å². The van der Waals surface area contributed by atoms with Crippen LogP contribution in [0.3, 0.4) is 0 Å². The summed E-state index contributed by atoms with van der Waals surface area (Å²) in [5.74, 6) is 0.817. The number of aliphatic hydroxyl groups is 1. The third kappa shape index (κ3) is 66.7. The highest BCUT2D eigenvalue weighted by Crippen LogP contribution is 2.45. The van der Waals surface area contributed by atoms with E-state index < -0.39 is 97.5 Å². The van der Waals surface area contributed by atoms with Crippen LogP contribution in [0.1, 0.15) is 364 Å². The van der Waals surface area contributed by atoms with E-state index >= 15 is 0 Å². The minimum absolute atomic E-state index is 0.102. The van der Waals surface area contributed by atoms with Crippen LogP contribution in [0.2, 0.25) is 0 Å². The second-order valence-electron chi connectivity index (χ2n) is 28.2. The summed E-state index contributed by atoms with van der Waals surface area (Å²) in [6.07, 6.45) is 46.2. The Morgan fingerprint density at radius 3 is 0.674 bits per heavy atom. The molecule has 0 rings (SSSR count). The summed E-state index contributed by atoms with van der Waals surface area (Å²) in [4.78, 5) is 72.6. The first-order valence-corrected chi connectivity index (χ1v) is 40.7. The van der Waals surface area contributed by atoms with Gasteiger partial charge in [0.05, 0.1) is 26.4 Å². The topological polar surface area (TPSA) is 237 Å². The van der Waals surface area contributed by atoms with Crippen molar-refractivity contribution in [2.45, 2.75) is 382 Å². The first kappa shape index (κ1) is 90.1. The minimum atomic E-state index is -4.95. The van der Waals surface area contributed by atoms with Crippen LogP contribution in [0.15, 0.2) is 0 Å². The van der Waals surface area contributed by atoms with E-state index in [-0.39, 0.29) is 25.7 Å². The fraction of sp³-hybridized carbons (Fsp3) is 0.945. The molecule has 5 atom stereocenters. The lowest BCUT2D eigenvalue weighted by Gasteiger charge is -2.21. The molecule has 19 heteroatoms. The van der Waals surface area contributed by atoms with Crippen molar-refractivity contribution in [3.05, 3.63) is 0 Å². The van der Waals surface area contributed by atoms with Gasteiger partial charge in [-0.15, -0.1) is 0 Å². The average Bonchev–Trinajstić information content (AvgIpc) is 2.71. The Hall–Kier alpha value is -1.94. The molecule has 92 heavy (non-hydrogen) atoms. The van der Waals surface area contributed by atoms with Gasteiger partial charge in [-0.3, -0.25) is 37.3 Å². The van der Waals surface area contributed by atoms with Gasteiger partial charge in [-0.25, -0.2) is 9.13 Å². The van der Waals surface area contributed by atoms with Crippen molar-refractivity contribution in [1.82, 2.24) is 0 Å². The minimum Gasteiger partial charge on any atom is -0.462 e. The van der Waals surface area contributed by atoms with Crippen molar-refractivity contribution in [2.24, 2.45) is 23.7 Å². The van der Waals surface area contributed by atoms with Crippen LogP contribution in [0, 0.1) is 23.7 Å². The fourth-order valence-electron chi connectivity index (χ4n) is 11.0. The molecule has 0 bridgehead atoms. The number of carbonyl (C=O) groups excluding carboxylic acids is 4.